The molecule has 0 saturated heterocycles. The molecular formula is C17H18N2O3. The molecule has 114 valence electrons. The SMILES string of the molecule is CCc1ccc2c(-c3c(O)c(C)nn(C)c3=O)c(C)cc-2o1. The summed E-state index contributed by atoms with van der Waals surface area (Å²) in [4.78, 5) is 12.5. The average molecular weight is 298 g/mol. The predicted molar refractivity (Wildman–Crippen MR) is 84.3 cm³/mol. The van der Waals surface area contributed by atoms with Crippen molar-refractivity contribution in [3.05, 3.63) is 45.6 Å². The third kappa shape index (κ3) is 2.01. The van der Waals surface area contributed by atoms with E-state index in [9.17, 15) is 9.90 Å². The fourth-order valence-electron chi connectivity index (χ4n) is 2.79. The first-order valence-electron chi connectivity index (χ1n) is 7.23. The van der Waals surface area contributed by atoms with E-state index < -0.39 is 0 Å². The van der Waals surface area contributed by atoms with E-state index in [1.54, 1.807) is 14.0 Å². The van der Waals surface area contributed by atoms with Crippen molar-refractivity contribution in [3.8, 4) is 28.2 Å². The van der Waals surface area contributed by atoms with Crippen molar-refractivity contribution >= 4 is 0 Å². The van der Waals surface area contributed by atoms with Gasteiger partial charge in [-0.1, -0.05) is 6.92 Å². The molecule has 1 aliphatic carbocycles. The summed E-state index contributed by atoms with van der Waals surface area (Å²) in [5.41, 5.74) is 2.82. The van der Waals surface area contributed by atoms with Crippen LogP contribution in [-0.2, 0) is 13.5 Å². The standard InChI is InChI=1S/C17H18N2O3/c1-5-11-6-7-12-13(22-11)8-9(2)14(12)15-16(20)10(3)18-19(4)17(15)21/h6-8,20H,5H2,1-4H3. The quantitative estimate of drug-likeness (QED) is 0.789. The van der Waals surface area contributed by atoms with Gasteiger partial charge in [-0.05, 0) is 37.6 Å². The zero-order chi connectivity index (χ0) is 16.0. The van der Waals surface area contributed by atoms with Crippen LogP contribution in [0.1, 0.15) is 23.9 Å². The van der Waals surface area contributed by atoms with Gasteiger partial charge in [0.15, 0.2) is 5.75 Å². The van der Waals surface area contributed by atoms with Crippen molar-refractivity contribution < 1.29 is 9.52 Å². The first kappa shape index (κ1) is 14.4. The van der Waals surface area contributed by atoms with Crippen LogP contribution in [-0.4, -0.2) is 14.9 Å². The molecule has 2 aliphatic rings. The number of nitrogens with zero attached hydrogens (tertiary/aromatic N) is 2. The number of hydrogen-bond acceptors (Lipinski definition) is 4. The molecule has 0 radical (unpaired) electrons. The van der Waals surface area contributed by atoms with Crippen LogP contribution in [0, 0.1) is 13.8 Å². The molecule has 0 unspecified atom stereocenters. The van der Waals surface area contributed by atoms with Gasteiger partial charge >= 0.3 is 0 Å². The van der Waals surface area contributed by atoms with Crippen molar-refractivity contribution in [3.63, 3.8) is 0 Å². The summed E-state index contributed by atoms with van der Waals surface area (Å²) in [5, 5.41) is 14.4. The first-order chi connectivity index (χ1) is 10.4. The molecule has 0 saturated carbocycles. The Morgan fingerprint density at radius 3 is 2.68 bits per heavy atom. The summed E-state index contributed by atoms with van der Waals surface area (Å²) < 4.78 is 7.08. The summed E-state index contributed by atoms with van der Waals surface area (Å²) >= 11 is 0. The summed E-state index contributed by atoms with van der Waals surface area (Å²) in [7, 11) is 1.58. The topological polar surface area (TPSA) is 68.3 Å². The summed E-state index contributed by atoms with van der Waals surface area (Å²) in [5.74, 6) is 1.54. The molecule has 1 aromatic rings. The van der Waals surface area contributed by atoms with Gasteiger partial charge in [-0.2, -0.15) is 5.10 Å². The molecule has 1 N–H and O–H groups in total. The lowest BCUT2D eigenvalue weighted by Crippen LogP contribution is -2.22. The van der Waals surface area contributed by atoms with Gasteiger partial charge in [0.25, 0.3) is 5.56 Å². The van der Waals surface area contributed by atoms with Gasteiger partial charge in [0.2, 0.25) is 0 Å². The second-order valence-corrected chi connectivity index (χ2v) is 5.47. The molecular weight excluding hydrogens is 280 g/mol. The Morgan fingerprint density at radius 1 is 1.27 bits per heavy atom. The molecule has 5 heteroatoms. The van der Waals surface area contributed by atoms with Gasteiger partial charge in [-0.25, -0.2) is 4.68 Å². The fraction of sp³-hybridized carbons (Fsp3) is 0.294. The van der Waals surface area contributed by atoms with Crippen molar-refractivity contribution in [2.75, 3.05) is 0 Å². The minimum absolute atomic E-state index is 0.0710. The molecule has 1 aliphatic heterocycles. The molecule has 22 heavy (non-hydrogen) atoms. The molecule has 0 spiro atoms. The van der Waals surface area contributed by atoms with Gasteiger partial charge in [0, 0.05) is 24.6 Å². The lowest BCUT2D eigenvalue weighted by atomic mass is 10.0. The Hall–Kier alpha value is -2.56. The maximum absolute atomic E-state index is 12.5. The van der Waals surface area contributed by atoms with Crippen LogP contribution >= 0.6 is 0 Å². The largest absolute Gasteiger partial charge is 0.505 e. The molecule has 3 rings (SSSR count). The number of hydrogen-bond donors (Lipinski definition) is 1. The van der Waals surface area contributed by atoms with E-state index in [4.69, 9.17) is 4.42 Å². The van der Waals surface area contributed by atoms with Crippen molar-refractivity contribution in [2.24, 2.45) is 7.05 Å². The van der Waals surface area contributed by atoms with E-state index in [1.165, 1.54) is 4.68 Å². The molecule has 1 aromatic heterocycles. The highest BCUT2D eigenvalue weighted by molar-refractivity contribution is 5.89. The molecule has 0 aromatic carbocycles. The van der Waals surface area contributed by atoms with E-state index in [2.05, 4.69) is 5.10 Å². The van der Waals surface area contributed by atoms with Gasteiger partial charge in [0.1, 0.15) is 17.2 Å². The molecule has 0 amide bonds. The normalized spacial score (nSPS) is 11.3. The van der Waals surface area contributed by atoms with E-state index in [0.29, 0.717) is 11.3 Å². The lowest BCUT2D eigenvalue weighted by Gasteiger charge is -2.11. The Morgan fingerprint density at radius 2 is 2.00 bits per heavy atom. The molecule has 2 heterocycles. The highest BCUT2D eigenvalue weighted by atomic mass is 16.3. The van der Waals surface area contributed by atoms with E-state index in [1.807, 2.05) is 32.0 Å². The van der Waals surface area contributed by atoms with Gasteiger partial charge in [0.05, 0.1) is 5.56 Å². The first-order valence-corrected chi connectivity index (χ1v) is 7.23. The summed E-state index contributed by atoms with van der Waals surface area (Å²) in [6, 6.07) is 5.74. The smallest absolute Gasteiger partial charge is 0.278 e. The molecule has 0 bridgehead atoms. The highest BCUT2D eigenvalue weighted by Crippen LogP contribution is 2.41. The Balaban J connectivity index is 2.37. The van der Waals surface area contributed by atoms with E-state index in [0.717, 1.165) is 29.1 Å². The average Bonchev–Trinajstić information content (AvgIpc) is 2.81. The zero-order valence-electron chi connectivity index (χ0n) is 13.1. The third-order valence-electron chi connectivity index (χ3n) is 3.94. The van der Waals surface area contributed by atoms with Crippen LogP contribution in [0.3, 0.4) is 0 Å². The predicted octanol–water partition coefficient (Wildman–Crippen LogP) is 3.03. The second-order valence-electron chi connectivity index (χ2n) is 5.47. The zero-order valence-corrected chi connectivity index (χ0v) is 13.1. The van der Waals surface area contributed by atoms with Crippen LogP contribution in [0.15, 0.2) is 27.4 Å². The van der Waals surface area contributed by atoms with E-state index in [-0.39, 0.29) is 16.9 Å². The Labute approximate surface area is 128 Å². The Bertz CT molecular complexity index is 890. The van der Waals surface area contributed by atoms with Crippen LogP contribution < -0.4 is 5.56 Å². The number of aromatic hydroxyl groups is 1. The molecule has 5 nitrogen and oxygen atoms in total. The Kier molecular flexibility index (Phi) is 3.28. The minimum Gasteiger partial charge on any atom is -0.505 e. The maximum Gasteiger partial charge on any atom is 0.278 e. The molecule has 0 atom stereocenters. The maximum atomic E-state index is 12.5. The van der Waals surface area contributed by atoms with Crippen LogP contribution in [0.2, 0.25) is 0 Å². The minimum atomic E-state index is -0.321. The van der Waals surface area contributed by atoms with Gasteiger partial charge in [-0.15, -0.1) is 0 Å². The number of fused-ring (bicyclic) bond motifs is 1. The molecule has 0 fully saturated rings. The van der Waals surface area contributed by atoms with Crippen LogP contribution in [0.4, 0.5) is 0 Å². The van der Waals surface area contributed by atoms with Crippen molar-refractivity contribution in [2.45, 2.75) is 27.2 Å². The highest BCUT2D eigenvalue weighted by Gasteiger charge is 2.24. The van der Waals surface area contributed by atoms with Crippen molar-refractivity contribution in [1.29, 1.82) is 0 Å². The summed E-state index contributed by atoms with van der Waals surface area (Å²) in [6.45, 7) is 5.61. The van der Waals surface area contributed by atoms with Crippen LogP contribution in [0.25, 0.3) is 22.5 Å². The second kappa shape index (κ2) is 5.02. The monoisotopic (exact) mass is 298 g/mol. The van der Waals surface area contributed by atoms with E-state index >= 15 is 0 Å². The third-order valence-corrected chi connectivity index (χ3v) is 3.94. The lowest BCUT2D eigenvalue weighted by molar-refractivity contribution is 0.460. The van der Waals surface area contributed by atoms with Gasteiger partial charge in [-0.3, -0.25) is 4.79 Å². The van der Waals surface area contributed by atoms with Crippen LogP contribution in [0.5, 0.6) is 5.75 Å². The number of rotatable bonds is 2. The number of aryl methyl sites for hydroxylation is 4. The fourth-order valence-corrected chi connectivity index (χ4v) is 2.79. The van der Waals surface area contributed by atoms with Crippen molar-refractivity contribution in [1.82, 2.24) is 9.78 Å². The number of aromatic nitrogens is 2. The van der Waals surface area contributed by atoms with Gasteiger partial charge < -0.3 is 9.52 Å². The summed E-state index contributed by atoms with van der Waals surface area (Å²) in [6.07, 6.45) is 0.802.